The molecule has 0 aromatic heterocycles. The molecule has 0 radical (unpaired) electrons. The molecule has 23 heavy (non-hydrogen) atoms. The van der Waals surface area contributed by atoms with Crippen LogP contribution in [-0.4, -0.2) is 50.7 Å². The van der Waals surface area contributed by atoms with Gasteiger partial charge in [0.15, 0.2) is 0 Å². The standard InChI is InChI=1S/C12H17NO7S3/c1-8-13(4-3-5-22(14,15)16)9-6-10(20-2)12(23(17,18)19)7-11(9)21-8/h6-8H,3-5H2,1-2H3,(H,14,15,16)(H,17,18,19). The van der Waals surface area contributed by atoms with Crippen molar-refractivity contribution in [1.29, 1.82) is 0 Å². The normalized spacial score (nSPS) is 18.1. The van der Waals surface area contributed by atoms with Gasteiger partial charge in [0.1, 0.15) is 10.6 Å². The van der Waals surface area contributed by atoms with Crippen molar-refractivity contribution in [2.45, 2.75) is 28.5 Å². The smallest absolute Gasteiger partial charge is 0.298 e. The first kappa shape index (κ1) is 18.3. The lowest BCUT2D eigenvalue weighted by molar-refractivity contribution is 0.397. The van der Waals surface area contributed by atoms with Gasteiger partial charge in [-0.05, 0) is 19.4 Å². The minimum absolute atomic E-state index is 0.0146. The molecule has 0 saturated carbocycles. The Morgan fingerprint density at radius 3 is 2.43 bits per heavy atom. The zero-order valence-electron chi connectivity index (χ0n) is 12.5. The number of hydrogen-bond acceptors (Lipinski definition) is 7. The highest BCUT2D eigenvalue weighted by molar-refractivity contribution is 8.00. The van der Waals surface area contributed by atoms with E-state index in [1.807, 2.05) is 11.8 Å². The summed E-state index contributed by atoms with van der Waals surface area (Å²) in [5, 5.41) is -0.0484. The van der Waals surface area contributed by atoms with Gasteiger partial charge in [-0.15, -0.1) is 0 Å². The fourth-order valence-electron chi connectivity index (χ4n) is 2.37. The van der Waals surface area contributed by atoms with Crippen molar-refractivity contribution in [1.82, 2.24) is 0 Å². The molecule has 0 spiro atoms. The first-order valence-electron chi connectivity index (χ1n) is 6.61. The summed E-state index contributed by atoms with van der Waals surface area (Å²) >= 11 is 1.39. The Labute approximate surface area is 139 Å². The first-order valence-corrected chi connectivity index (χ1v) is 10.5. The molecule has 0 amide bonds. The third kappa shape index (κ3) is 4.29. The van der Waals surface area contributed by atoms with Crippen molar-refractivity contribution >= 4 is 37.7 Å². The van der Waals surface area contributed by atoms with Gasteiger partial charge in [0, 0.05) is 17.5 Å². The van der Waals surface area contributed by atoms with Crippen LogP contribution in [0.15, 0.2) is 21.9 Å². The maximum absolute atomic E-state index is 11.4. The van der Waals surface area contributed by atoms with Crippen LogP contribution in [0.5, 0.6) is 5.75 Å². The number of anilines is 1. The lowest BCUT2D eigenvalue weighted by Crippen LogP contribution is -2.29. The first-order chi connectivity index (χ1) is 10.5. The van der Waals surface area contributed by atoms with Crippen LogP contribution in [0, 0.1) is 0 Å². The van der Waals surface area contributed by atoms with Gasteiger partial charge in [-0.3, -0.25) is 9.11 Å². The second kappa shape index (κ2) is 6.48. The molecular weight excluding hydrogens is 366 g/mol. The molecule has 1 heterocycles. The van der Waals surface area contributed by atoms with E-state index in [2.05, 4.69) is 0 Å². The van der Waals surface area contributed by atoms with Gasteiger partial charge < -0.3 is 9.64 Å². The van der Waals surface area contributed by atoms with E-state index in [9.17, 15) is 21.4 Å². The highest BCUT2D eigenvalue weighted by atomic mass is 32.2. The van der Waals surface area contributed by atoms with Crippen molar-refractivity contribution in [3.8, 4) is 5.75 Å². The Kier molecular flexibility index (Phi) is 5.16. The quantitative estimate of drug-likeness (QED) is 0.703. The van der Waals surface area contributed by atoms with Crippen LogP contribution in [0.25, 0.3) is 0 Å². The molecule has 1 unspecified atom stereocenters. The highest BCUT2D eigenvalue weighted by Gasteiger charge is 2.30. The van der Waals surface area contributed by atoms with Gasteiger partial charge in [-0.1, -0.05) is 11.8 Å². The van der Waals surface area contributed by atoms with E-state index in [0.717, 1.165) is 0 Å². The Morgan fingerprint density at radius 2 is 1.91 bits per heavy atom. The maximum atomic E-state index is 11.4. The van der Waals surface area contributed by atoms with Crippen molar-refractivity contribution in [3.05, 3.63) is 12.1 Å². The van der Waals surface area contributed by atoms with Gasteiger partial charge >= 0.3 is 0 Å². The van der Waals surface area contributed by atoms with Gasteiger partial charge in [0.2, 0.25) is 0 Å². The van der Waals surface area contributed by atoms with E-state index in [0.29, 0.717) is 17.1 Å². The van der Waals surface area contributed by atoms with Crippen molar-refractivity contribution in [2.24, 2.45) is 0 Å². The number of hydrogen-bond donors (Lipinski definition) is 2. The summed E-state index contributed by atoms with van der Waals surface area (Å²) in [5.74, 6) is -0.336. The minimum atomic E-state index is -4.41. The molecule has 1 aliphatic rings. The molecule has 0 fully saturated rings. The molecule has 1 aliphatic heterocycles. The molecule has 1 aromatic carbocycles. The van der Waals surface area contributed by atoms with Crippen LogP contribution < -0.4 is 9.64 Å². The lowest BCUT2D eigenvalue weighted by Gasteiger charge is -2.24. The Morgan fingerprint density at radius 1 is 1.26 bits per heavy atom. The summed E-state index contributed by atoms with van der Waals surface area (Å²) in [5.41, 5.74) is 0.696. The minimum Gasteiger partial charge on any atom is -0.495 e. The zero-order chi connectivity index (χ0) is 17.4. The summed E-state index contributed by atoms with van der Waals surface area (Å²) < 4.78 is 67.5. The van der Waals surface area contributed by atoms with Gasteiger partial charge in [-0.25, -0.2) is 0 Å². The average molecular weight is 383 g/mol. The van der Waals surface area contributed by atoms with Gasteiger partial charge in [0.25, 0.3) is 20.2 Å². The third-order valence-electron chi connectivity index (χ3n) is 3.37. The summed E-state index contributed by atoms with van der Waals surface area (Å²) in [6.07, 6.45) is 0.228. The van der Waals surface area contributed by atoms with Gasteiger partial charge in [0.05, 0.1) is 23.9 Å². The fraction of sp³-hybridized carbons (Fsp3) is 0.500. The number of thioether (sulfide) groups is 1. The fourth-order valence-corrected chi connectivity index (χ4v) is 4.80. The van der Waals surface area contributed by atoms with Crippen LogP contribution in [0.3, 0.4) is 0 Å². The molecule has 11 heteroatoms. The van der Waals surface area contributed by atoms with E-state index in [1.165, 1.54) is 31.0 Å². The summed E-state index contributed by atoms with van der Waals surface area (Å²) in [4.78, 5) is 2.23. The SMILES string of the molecule is COc1cc2c(cc1S(=O)(=O)O)SC(C)N2CCCS(=O)(=O)O. The maximum Gasteiger partial charge on any atom is 0.298 e. The number of rotatable bonds is 6. The number of methoxy groups -OCH3 is 1. The Bertz CT molecular complexity index is 804. The molecule has 0 aliphatic carbocycles. The predicted octanol–water partition coefficient (Wildman–Crippen LogP) is 1.48. The van der Waals surface area contributed by atoms with Crippen molar-refractivity contribution in [3.63, 3.8) is 0 Å². The Balaban J connectivity index is 2.32. The van der Waals surface area contributed by atoms with Crippen LogP contribution in [-0.2, 0) is 20.2 Å². The monoisotopic (exact) mass is 383 g/mol. The summed E-state index contributed by atoms with van der Waals surface area (Å²) in [6.45, 7) is 2.26. The molecule has 1 atom stereocenters. The number of fused-ring (bicyclic) bond motifs is 1. The van der Waals surface area contributed by atoms with Crippen LogP contribution in [0.4, 0.5) is 5.69 Å². The molecule has 2 N–H and O–H groups in total. The number of nitrogens with zero attached hydrogens (tertiary/aromatic N) is 1. The molecule has 0 saturated heterocycles. The van der Waals surface area contributed by atoms with Crippen LogP contribution >= 0.6 is 11.8 Å². The van der Waals surface area contributed by atoms with E-state index in [1.54, 1.807) is 0 Å². The van der Waals surface area contributed by atoms with Crippen LogP contribution in [0.2, 0.25) is 0 Å². The summed E-state index contributed by atoms with van der Waals surface area (Å²) in [6, 6.07) is 2.84. The van der Waals surface area contributed by atoms with E-state index < -0.39 is 20.2 Å². The van der Waals surface area contributed by atoms with Crippen molar-refractivity contribution < 1.29 is 30.7 Å². The molecule has 8 nitrogen and oxygen atoms in total. The Hall–Kier alpha value is -1.01. The number of benzene rings is 1. The van der Waals surface area contributed by atoms with E-state index >= 15 is 0 Å². The highest BCUT2D eigenvalue weighted by Crippen LogP contribution is 2.47. The van der Waals surface area contributed by atoms with E-state index in [4.69, 9.17) is 9.29 Å². The molecule has 2 rings (SSSR count). The topological polar surface area (TPSA) is 121 Å². The largest absolute Gasteiger partial charge is 0.495 e. The van der Waals surface area contributed by atoms with Gasteiger partial charge in [-0.2, -0.15) is 16.8 Å². The summed E-state index contributed by atoms with van der Waals surface area (Å²) in [7, 11) is -7.13. The second-order valence-electron chi connectivity index (χ2n) is 5.00. The second-order valence-corrected chi connectivity index (χ2v) is 9.32. The number of ether oxygens (including phenoxy) is 1. The van der Waals surface area contributed by atoms with Crippen LogP contribution in [0.1, 0.15) is 13.3 Å². The molecule has 0 bridgehead atoms. The average Bonchev–Trinajstić information content (AvgIpc) is 2.70. The molecular formula is C12H17NO7S3. The predicted molar refractivity (Wildman–Crippen MR) is 86.5 cm³/mol. The third-order valence-corrected chi connectivity index (χ3v) is 6.23. The lowest BCUT2D eigenvalue weighted by atomic mass is 10.2. The zero-order valence-corrected chi connectivity index (χ0v) is 14.9. The molecule has 130 valence electrons. The van der Waals surface area contributed by atoms with Crippen molar-refractivity contribution in [2.75, 3.05) is 24.3 Å². The molecule has 1 aromatic rings. The van der Waals surface area contributed by atoms with E-state index in [-0.39, 0.29) is 28.2 Å².